The van der Waals surface area contributed by atoms with Gasteiger partial charge in [-0.2, -0.15) is 9.57 Å². The van der Waals surface area contributed by atoms with E-state index in [0.29, 0.717) is 12.8 Å². The number of sulfonamides is 1. The lowest BCUT2D eigenvalue weighted by Crippen LogP contribution is -2.38. The molecule has 0 aliphatic carbocycles. The molecule has 0 bridgehead atoms. The van der Waals surface area contributed by atoms with Crippen LogP contribution in [-0.2, 0) is 10.0 Å². The number of hydrogen-bond donors (Lipinski definition) is 0. The van der Waals surface area contributed by atoms with E-state index in [9.17, 15) is 12.8 Å². The molecule has 0 amide bonds. The number of methoxy groups -OCH3 is 1. The Labute approximate surface area is 117 Å². The number of halogens is 1. The van der Waals surface area contributed by atoms with Crippen LogP contribution in [-0.4, -0.2) is 32.9 Å². The molecule has 0 atom stereocenters. The van der Waals surface area contributed by atoms with Crippen LogP contribution in [0.5, 0.6) is 5.75 Å². The van der Waals surface area contributed by atoms with E-state index in [1.165, 1.54) is 23.5 Å². The number of benzene rings is 1. The van der Waals surface area contributed by atoms with Crippen molar-refractivity contribution in [3.05, 3.63) is 24.0 Å². The van der Waals surface area contributed by atoms with Crippen LogP contribution in [0.25, 0.3) is 0 Å². The summed E-state index contributed by atoms with van der Waals surface area (Å²) in [5.41, 5.74) is 0. The molecule has 1 heterocycles. The summed E-state index contributed by atoms with van der Waals surface area (Å²) in [5.74, 6) is -0.804. The Morgan fingerprint density at radius 2 is 2.05 bits per heavy atom. The van der Waals surface area contributed by atoms with Gasteiger partial charge in [-0.3, -0.25) is 0 Å². The van der Waals surface area contributed by atoms with E-state index in [0.717, 1.165) is 6.07 Å². The summed E-state index contributed by atoms with van der Waals surface area (Å²) in [7, 11) is -2.39. The van der Waals surface area contributed by atoms with Crippen molar-refractivity contribution in [3.8, 4) is 11.8 Å². The molecule has 1 aliphatic rings. The van der Waals surface area contributed by atoms with Crippen LogP contribution >= 0.6 is 0 Å². The maximum absolute atomic E-state index is 13.6. The highest BCUT2D eigenvalue weighted by Crippen LogP contribution is 2.26. The van der Waals surface area contributed by atoms with Crippen LogP contribution < -0.4 is 4.74 Å². The van der Waals surface area contributed by atoms with Crippen molar-refractivity contribution in [3.63, 3.8) is 0 Å². The average molecular weight is 298 g/mol. The van der Waals surface area contributed by atoms with E-state index in [1.54, 1.807) is 0 Å². The predicted octanol–water partition coefficient (Wildman–Crippen LogP) is 1.76. The van der Waals surface area contributed by atoms with E-state index in [-0.39, 0.29) is 29.7 Å². The van der Waals surface area contributed by atoms with Crippen molar-refractivity contribution in [1.29, 1.82) is 5.26 Å². The monoisotopic (exact) mass is 298 g/mol. The van der Waals surface area contributed by atoms with Gasteiger partial charge in [0.2, 0.25) is 10.0 Å². The van der Waals surface area contributed by atoms with Gasteiger partial charge in [-0.05, 0) is 31.0 Å². The standard InChI is InChI=1S/C13H15FN2O3S/c1-19-13-3-2-11(8-12(13)14)20(17,18)16-6-4-10(9-15)5-7-16/h2-3,8,10H,4-7H2,1H3. The second kappa shape index (κ2) is 5.77. The summed E-state index contributed by atoms with van der Waals surface area (Å²) in [5, 5.41) is 8.81. The molecule has 108 valence electrons. The van der Waals surface area contributed by atoms with Crippen molar-refractivity contribution in [2.45, 2.75) is 17.7 Å². The molecule has 0 N–H and O–H groups in total. The third-order valence-corrected chi connectivity index (χ3v) is 5.29. The number of rotatable bonds is 3. The summed E-state index contributed by atoms with van der Waals surface area (Å²) in [6.07, 6.45) is 1.02. The average Bonchev–Trinajstić information content (AvgIpc) is 2.47. The second-order valence-corrected chi connectivity index (χ2v) is 6.54. The van der Waals surface area contributed by atoms with Gasteiger partial charge in [-0.1, -0.05) is 0 Å². The molecular formula is C13H15FN2O3S. The highest BCUT2D eigenvalue weighted by Gasteiger charge is 2.29. The van der Waals surface area contributed by atoms with Crippen LogP contribution in [0.3, 0.4) is 0 Å². The molecule has 1 aromatic carbocycles. The number of nitrogens with zero attached hydrogens (tertiary/aromatic N) is 2. The lowest BCUT2D eigenvalue weighted by Gasteiger charge is -2.28. The summed E-state index contributed by atoms with van der Waals surface area (Å²) >= 11 is 0. The summed E-state index contributed by atoms with van der Waals surface area (Å²) in [4.78, 5) is -0.0915. The minimum Gasteiger partial charge on any atom is -0.494 e. The summed E-state index contributed by atoms with van der Waals surface area (Å²) in [6, 6.07) is 5.73. The maximum atomic E-state index is 13.6. The van der Waals surface area contributed by atoms with Crippen LogP contribution in [0, 0.1) is 23.1 Å². The highest BCUT2D eigenvalue weighted by molar-refractivity contribution is 7.89. The van der Waals surface area contributed by atoms with Crippen LogP contribution in [0.4, 0.5) is 4.39 Å². The molecular weight excluding hydrogens is 283 g/mol. The first-order chi connectivity index (χ1) is 9.48. The lowest BCUT2D eigenvalue weighted by molar-refractivity contribution is 0.309. The Morgan fingerprint density at radius 1 is 1.40 bits per heavy atom. The number of piperidine rings is 1. The second-order valence-electron chi connectivity index (χ2n) is 4.60. The number of ether oxygens (including phenoxy) is 1. The molecule has 5 nitrogen and oxygen atoms in total. The molecule has 20 heavy (non-hydrogen) atoms. The van der Waals surface area contributed by atoms with Crippen LogP contribution in [0.1, 0.15) is 12.8 Å². The van der Waals surface area contributed by atoms with Gasteiger partial charge in [-0.15, -0.1) is 0 Å². The fraction of sp³-hybridized carbons (Fsp3) is 0.462. The summed E-state index contributed by atoms with van der Waals surface area (Å²) in [6.45, 7) is 0.572. The fourth-order valence-electron chi connectivity index (χ4n) is 2.18. The molecule has 0 aromatic heterocycles. The van der Waals surface area contributed by atoms with Gasteiger partial charge in [0.25, 0.3) is 0 Å². The van der Waals surface area contributed by atoms with E-state index in [1.807, 2.05) is 0 Å². The van der Waals surface area contributed by atoms with Crippen molar-refractivity contribution in [1.82, 2.24) is 4.31 Å². The molecule has 1 aromatic rings. The third kappa shape index (κ3) is 2.76. The van der Waals surface area contributed by atoms with Crippen molar-refractivity contribution in [2.75, 3.05) is 20.2 Å². The van der Waals surface area contributed by atoms with Gasteiger partial charge in [0.15, 0.2) is 11.6 Å². The molecule has 0 unspecified atom stereocenters. The molecule has 0 radical (unpaired) electrons. The van der Waals surface area contributed by atoms with Gasteiger partial charge < -0.3 is 4.74 Å². The van der Waals surface area contributed by atoms with Crippen molar-refractivity contribution in [2.24, 2.45) is 5.92 Å². The number of nitriles is 1. The molecule has 2 rings (SSSR count). The normalized spacial score (nSPS) is 17.6. The smallest absolute Gasteiger partial charge is 0.243 e. The van der Waals surface area contributed by atoms with Gasteiger partial charge in [0.05, 0.1) is 18.1 Å². The van der Waals surface area contributed by atoms with Crippen molar-refractivity contribution < 1.29 is 17.5 Å². The van der Waals surface area contributed by atoms with Gasteiger partial charge in [-0.25, -0.2) is 12.8 Å². The highest BCUT2D eigenvalue weighted by atomic mass is 32.2. The SMILES string of the molecule is COc1ccc(S(=O)(=O)N2CCC(C#N)CC2)cc1F. The molecule has 0 spiro atoms. The maximum Gasteiger partial charge on any atom is 0.243 e. The minimum absolute atomic E-state index is 0.00661. The topological polar surface area (TPSA) is 70.4 Å². The van der Waals surface area contributed by atoms with Crippen molar-refractivity contribution >= 4 is 10.0 Å². The van der Waals surface area contributed by atoms with Gasteiger partial charge in [0, 0.05) is 19.0 Å². The quantitative estimate of drug-likeness (QED) is 0.852. The Kier molecular flexibility index (Phi) is 4.26. The zero-order valence-corrected chi connectivity index (χ0v) is 11.9. The van der Waals surface area contributed by atoms with E-state index < -0.39 is 15.8 Å². The first-order valence-electron chi connectivity index (χ1n) is 6.22. The fourth-order valence-corrected chi connectivity index (χ4v) is 3.66. The lowest BCUT2D eigenvalue weighted by atomic mass is 10.0. The molecule has 7 heteroatoms. The Hall–Kier alpha value is -1.65. The van der Waals surface area contributed by atoms with Gasteiger partial charge in [0.1, 0.15) is 0 Å². The Morgan fingerprint density at radius 3 is 2.55 bits per heavy atom. The molecule has 1 saturated heterocycles. The molecule has 1 aliphatic heterocycles. The first-order valence-corrected chi connectivity index (χ1v) is 7.66. The molecule has 1 fully saturated rings. The van der Waals surface area contributed by atoms with E-state index in [4.69, 9.17) is 10.00 Å². The van der Waals surface area contributed by atoms with Gasteiger partial charge >= 0.3 is 0 Å². The van der Waals surface area contributed by atoms with E-state index in [2.05, 4.69) is 6.07 Å². The molecule has 0 saturated carbocycles. The van der Waals surface area contributed by atoms with Crippen LogP contribution in [0.2, 0.25) is 0 Å². The summed E-state index contributed by atoms with van der Waals surface area (Å²) < 4.78 is 44.4. The van der Waals surface area contributed by atoms with Crippen LogP contribution in [0.15, 0.2) is 23.1 Å². The first kappa shape index (κ1) is 14.8. The zero-order chi connectivity index (χ0) is 14.8. The Bertz CT molecular complexity index is 632. The largest absolute Gasteiger partial charge is 0.494 e. The third-order valence-electron chi connectivity index (χ3n) is 3.40. The predicted molar refractivity (Wildman–Crippen MR) is 70.0 cm³/mol. The number of hydrogen-bond acceptors (Lipinski definition) is 4. The van der Waals surface area contributed by atoms with E-state index >= 15 is 0 Å². The Balaban J connectivity index is 2.23. The minimum atomic E-state index is -3.71. The zero-order valence-electron chi connectivity index (χ0n) is 11.0.